The Kier molecular flexibility index (Phi) is 7.26. The van der Waals surface area contributed by atoms with E-state index in [0.29, 0.717) is 36.8 Å². The van der Waals surface area contributed by atoms with Gasteiger partial charge in [0.15, 0.2) is 5.78 Å². The summed E-state index contributed by atoms with van der Waals surface area (Å²) >= 11 is 0. The maximum Gasteiger partial charge on any atom is 0.309 e. The molecule has 0 aromatic carbocycles. The number of Topliss-reactive ketones (excluding diaryl/α,β-unsaturated/α-hetero) is 5. The van der Waals surface area contributed by atoms with E-state index in [1.165, 1.54) is 0 Å². The first-order valence-corrected chi connectivity index (χ1v) is 14.6. The van der Waals surface area contributed by atoms with Crippen molar-refractivity contribution in [2.45, 2.75) is 100 Å². The van der Waals surface area contributed by atoms with Gasteiger partial charge in [-0.05, 0) is 43.9 Å². The average molecular weight is 541 g/mol. The number of ketones is 5. The Labute approximate surface area is 231 Å². The van der Waals surface area contributed by atoms with Gasteiger partial charge < -0.3 is 4.74 Å². The average Bonchev–Trinajstić information content (AvgIpc) is 3.13. The molecule has 4 aliphatic carbocycles. The summed E-state index contributed by atoms with van der Waals surface area (Å²) in [6, 6.07) is 0. The summed E-state index contributed by atoms with van der Waals surface area (Å²) in [6.07, 6.45) is 2.46. The minimum absolute atomic E-state index is 0.0682. The Hall–Kier alpha value is -2.44. The minimum atomic E-state index is -1.10. The lowest BCUT2D eigenvalue weighted by Gasteiger charge is -2.58. The van der Waals surface area contributed by atoms with E-state index in [4.69, 9.17) is 4.74 Å². The first-order valence-electron chi connectivity index (χ1n) is 14.6. The number of carbonyl (C=O) groups is 6. The summed E-state index contributed by atoms with van der Waals surface area (Å²) in [5.74, 6) is -2.84. The van der Waals surface area contributed by atoms with Gasteiger partial charge in [-0.15, -0.1) is 0 Å². The zero-order valence-corrected chi connectivity index (χ0v) is 24.8. The van der Waals surface area contributed by atoms with Gasteiger partial charge in [0.1, 0.15) is 11.6 Å². The van der Waals surface area contributed by atoms with Crippen LogP contribution < -0.4 is 0 Å². The van der Waals surface area contributed by atoms with Crippen molar-refractivity contribution in [1.82, 2.24) is 0 Å². The van der Waals surface area contributed by atoms with Gasteiger partial charge in [0, 0.05) is 58.5 Å². The molecule has 0 radical (unpaired) electrons. The summed E-state index contributed by atoms with van der Waals surface area (Å²) in [4.78, 5) is 79.9. The lowest BCUT2D eigenvalue weighted by Crippen LogP contribution is -2.61. The van der Waals surface area contributed by atoms with Crippen LogP contribution in [0.3, 0.4) is 0 Å². The smallest absolute Gasteiger partial charge is 0.309 e. The third-order valence-electron chi connectivity index (χ3n) is 11.5. The number of hydrogen-bond donors (Lipinski definition) is 0. The molecule has 0 spiro atoms. The zero-order chi connectivity index (χ0) is 29.3. The molecule has 4 rings (SSSR count). The second-order valence-electron chi connectivity index (χ2n) is 13.9. The molecule has 0 saturated heterocycles. The summed E-state index contributed by atoms with van der Waals surface area (Å²) in [5, 5.41) is 0. The van der Waals surface area contributed by atoms with Gasteiger partial charge >= 0.3 is 5.97 Å². The molecule has 39 heavy (non-hydrogen) atoms. The van der Waals surface area contributed by atoms with Crippen molar-refractivity contribution in [2.24, 2.45) is 45.3 Å². The van der Waals surface area contributed by atoms with Crippen LogP contribution in [0.15, 0.2) is 11.1 Å². The van der Waals surface area contributed by atoms with Gasteiger partial charge in [-0.3, -0.25) is 28.8 Å². The van der Waals surface area contributed by atoms with E-state index in [-0.39, 0.29) is 61.0 Å². The molecular formula is C32H44O7. The lowest BCUT2D eigenvalue weighted by atomic mass is 9.42. The summed E-state index contributed by atoms with van der Waals surface area (Å²) in [6.45, 7) is 15.1. The maximum atomic E-state index is 14.2. The van der Waals surface area contributed by atoms with Crippen molar-refractivity contribution >= 4 is 34.9 Å². The summed E-state index contributed by atoms with van der Waals surface area (Å²) in [5.41, 5.74) is -2.50. The lowest BCUT2D eigenvalue weighted by molar-refractivity contribution is -0.154. The van der Waals surface area contributed by atoms with Crippen molar-refractivity contribution in [1.29, 1.82) is 0 Å². The molecule has 0 bridgehead atoms. The molecule has 2 fully saturated rings. The highest BCUT2D eigenvalue weighted by molar-refractivity contribution is 6.48. The maximum absolute atomic E-state index is 14.2. The molecule has 0 N–H and O–H groups in total. The second kappa shape index (κ2) is 9.59. The van der Waals surface area contributed by atoms with Crippen LogP contribution in [0.25, 0.3) is 0 Å². The number of hydrogen-bond acceptors (Lipinski definition) is 7. The van der Waals surface area contributed by atoms with Crippen molar-refractivity contribution in [2.75, 3.05) is 6.61 Å². The second-order valence-corrected chi connectivity index (χ2v) is 13.9. The Morgan fingerprint density at radius 2 is 1.59 bits per heavy atom. The number of esters is 1. The van der Waals surface area contributed by atoms with Gasteiger partial charge in [0.05, 0.1) is 12.5 Å². The Morgan fingerprint density at radius 3 is 2.21 bits per heavy atom. The highest BCUT2D eigenvalue weighted by atomic mass is 16.5. The molecule has 7 unspecified atom stereocenters. The van der Waals surface area contributed by atoms with E-state index in [1.54, 1.807) is 13.8 Å². The largest absolute Gasteiger partial charge is 0.466 e. The van der Waals surface area contributed by atoms with E-state index in [9.17, 15) is 28.8 Å². The van der Waals surface area contributed by atoms with Gasteiger partial charge in [-0.1, -0.05) is 48.5 Å². The molecule has 0 aromatic heterocycles. The van der Waals surface area contributed by atoms with Crippen molar-refractivity contribution in [3.8, 4) is 0 Å². The van der Waals surface area contributed by atoms with Crippen LogP contribution in [0, 0.1) is 45.3 Å². The predicted molar refractivity (Wildman–Crippen MR) is 144 cm³/mol. The number of ether oxygens (including phenoxy) is 1. The molecule has 214 valence electrons. The van der Waals surface area contributed by atoms with Gasteiger partial charge in [-0.2, -0.15) is 0 Å². The fraction of sp³-hybridized carbons (Fsp3) is 0.750. The van der Waals surface area contributed by atoms with E-state index in [2.05, 4.69) is 0 Å². The predicted octanol–water partition coefficient (Wildman–Crippen LogP) is 5.03. The van der Waals surface area contributed by atoms with Crippen LogP contribution in [0.5, 0.6) is 0 Å². The first kappa shape index (κ1) is 29.5. The molecule has 0 amide bonds. The highest BCUT2D eigenvalue weighted by Crippen LogP contribution is 2.69. The number of rotatable bonds is 7. The fourth-order valence-corrected chi connectivity index (χ4v) is 9.01. The van der Waals surface area contributed by atoms with E-state index >= 15 is 0 Å². The van der Waals surface area contributed by atoms with Crippen molar-refractivity contribution in [3.63, 3.8) is 0 Å². The normalized spacial score (nSPS) is 37.1. The number of allylic oxidation sites excluding steroid dienone is 2. The Morgan fingerprint density at radius 1 is 0.949 bits per heavy atom. The first-order chi connectivity index (χ1) is 18.0. The molecule has 7 nitrogen and oxygen atoms in total. The fourth-order valence-electron chi connectivity index (χ4n) is 9.01. The Bertz CT molecular complexity index is 1190. The molecule has 7 atom stereocenters. The molecular weight excluding hydrogens is 496 g/mol. The van der Waals surface area contributed by atoms with Gasteiger partial charge in [-0.25, -0.2) is 0 Å². The molecule has 0 heterocycles. The molecule has 7 heteroatoms. The molecule has 2 saturated carbocycles. The van der Waals surface area contributed by atoms with Crippen LogP contribution in [0.1, 0.15) is 100 Å². The van der Waals surface area contributed by atoms with Crippen LogP contribution in [0.4, 0.5) is 0 Å². The van der Waals surface area contributed by atoms with Gasteiger partial charge in [0.2, 0.25) is 11.6 Å². The summed E-state index contributed by atoms with van der Waals surface area (Å²) in [7, 11) is 0. The highest BCUT2D eigenvalue weighted by Gasteiger charge is 2.70. The minimum Gasteiger partial charge on any atom is -0.466 e. The quantitative estimate of drug-likeness (QED) is 0.329. The van der Waals surface area contributed by atoms with Gasteiger partial charge in [0.25, 0.3) is 0 Å². The molecule has 0 aliphatic heterocycles. The Balaban J connectivity index is 1.69. The number of carbonyl (C=O) groups excluding carboxylic acids is 6. The van der Waals surface area contributed by atoms with Crippen LogP contribution >= 0.6 is 0 Å². The molecule has 0 aromatic rings. The third-order valence-corrected chi connectivity index (χ3v) is 11.5. The van der Waals surface area contributed by atoms with Crippen LogP contribution in [-0.2, 0) is 33.5 Å². The third kappa shape index (κ3) is 4.04. The van der Waals surface area contributed by atoms with E-state index in [0.717, 1.165) is 0 Å². The topological polar surface area (TPSA) is 112 Å². The van der Waals surface area contributed by atoms with E-state index < -0.39 is 45.1 Å². The summed E-state index contributed by atoms with van der Waals surface area (Å²) < 4.78 is 5.03. The van der Waals surface area contributed by atoms with Crippen molar-refractivity contribution in [3.05, 3.63) is 11.1 Å². The van der Waals surface area contributed by atoms with Crippen LogP contribution in [0.2, 0.25) is 0 Å². The monoisotopic (exact) mass is 540 g/mol. The number of fused-ring (bicyclic) bond motifs is 4. The SMILES string of the molecule is CCOC(=O)C(C)CC(=O)CC(C)C1CCC2(C)C3=C(C(=O)C(=O)C12C)C1(C)CCC(=O)C(C)(C)C1CC3=O. The molecule has 4 aliphatic rings. The standard InChI is InChI=1S/C32H44O7/c1-9-39-28(38)18(3)15-19(33)14-17(2)20-10-13-31(7)24-21(34)16-22-29(4,5)23(35)11-12-30(22,6)25(24)26(36)27(37)32(20,31)8/h17-18,20,22H,9-16H2,1-8H3. The van der Waals surface area contributed by atoms with Crippen LogP contribution in [-0.4, -0.2) is 41.5 Å². The van der Waals surface area contributed by atoms with E-state index in [1.807, 2.05) is 41.5 Å². The zero-order valence-electron chi connectivity index (χ0n) is 24.8. The van der Waals surface area contributed by atoms with Crippen molar-refractivity contribution < 1.29 is 33.5 Å².